The highest BCUT2D eigenvalue weighted by atomic mass is 35.5. The second kappa shape index (κ2) is 8.22. The van der Waals surface area contributed by atoms with Gasteiger partial charge >= 0.3 is 0 Å². The predicted octanol–water partition coefficient (Wildman–Crippen LogP) is 3.25. The molecule has 1 aliphatic heterocycles. The molecule has 1 aliphatic rings. The van der Waals surface area contributed by atoms with E-state index < -0.39 is 0 Å². The normalized spacial score (nSPS) is 12.8. The fourth-order valence-electron chi connectivity index (χ4n) is 2.98. The SMILES string of the molecule is COc1cc(N2C=c3sc(-c4ccc(Cl)cc4)cc3=NC2)ccc1OCCN. The van der Waals surface area contributed by atoms with E-state index in [0.717, 1.165) is 26.2 Å². The number of rotatable bonds is 6. The highest BCUT2D eigenvalue weighted by Crippen LogP contribution is 2.32. The minimum atomic E-state index is 0.451. The van der Waals surface area contributed by atoms with Gasteiger partial charge in [0.05, 0.1) is 17.0 Å². The number of ether oxygens (including phenoxy) is 2. The molecule has 0 saturated carbocycles. The summed E-state index contributed by atoms with van der Waals surface area (Å²) < 4.78 is 12.2. The molecule has 0 atom stereocenters. The van der Waals surface area contributed by atoms with Crippen LogP contribution in [0, 0.1) is 0 Å². The molecular weight excluding hydrogens is 394 g/mol. The first-order valence-corrected chi connectivity index (χ1v) is 10.1. The Balaban J connectivity index is 1.64. The van der Waals surface area contributed by atoms with Crippen LogP contribution < -0.4 is 30.0 Å². The van der Waals surface area contributed by atoms with Gasteiger partial charge < -0.3 is 20.1 Å². The first-order chi connectivity index (χ1) is 13.7. The Labute approximate surface area is 172 Å². The Morgan fingerprint density at radius 2 is 1.96 bits per heavy atom. The van der Waals surface area contributed by atoms with E-state index in [2.05, 4.69) is 17.2 Å². The van der Waals surface area contributed by atoms with Crippen molar-refractivity contribution >= 4 is 34.8 Å². The van der Waals surface area contributed by atoms with Crippen LogP contribution in [0.2, 0.25) is 5.02 Å². The number of halogens is 1. The van der Waals surface area contributed by atoms with Gasteiger partial charge in [0.2, 0.25) is 0 Å². The van der Waals surface area contributed by atoms with E-state index in [4.69, 9.17) is 31.8 Å². The second-order valence-corrected chi connectivity index (χ2v) is 7.76. The van der Waals surface area contributed by atoms with Crippen LogP contribution in [0.1, 0.15) is 0 Å². The van der Waals surface area contributed by atoms with E-state index in [1.54, 1.807) is 18.4 Å². The number of thiophene rings is 1. The Hall–Kier alpha value is -2.54. The lowest BCUT2D eigenvalue weighted by Gasteiger charge is -2.21. The summed E-state index contributed by atoms with van der Waals surface area (Å²) >= 11 is 7.71. The van der Waals surface area contributed by atoms with Crippen LogP contribution in [0.3, 0.4) is 0 Å². The number of nitrogens with zero attached hydrogens (tertiary/aromatic N) is 2. The number of hydrogen-bond acceptors (Lipinski definition) is 6. The van der Waals surface area contributed by atoms with Crippen molar-refractivity contribution in [2.75, 3.05) is 31.8 Å². The van der Waals surface area contributed by atoms with Crippen molar-refractivity contribution in [3.8, 4) is 21.9 Å². The van der Waals surface area contributed by atoms with Gasteiger partial charge in [-0.1, -0.05) is 23.7 Å². The molecule has 4 rings (SSSR count). The number of anilines is 1. The zero-order chi connectivity index (χ0) is 19.5. The molecular formula is C21H20ClN3O2S. The van der Waals surface area contributed by atoms with Crippen molar-refractivity contribution < 1.29 is 9.47 Å². The van der Waals surface area contributed by atoms with Crippen molar-refractivity contribution in [2.45, 2.75) is 0 Å². The molecule has 0 saturated heterocycles. The molecule has 0 aliphatic carbocycles. The molecule has 0 fully saturated rings. The Bertz CT molecular complexity index is 1100. The largest absolute Gasteiger partial charge is 0.493 e. The highest BCUT2D eigenvalue weighted by molar-refractivity contribution is 7.13. The van der Waals surface area contributed by atoms with Gasteiger partial charge in [0, 0.05) is 34.4 Å². The molecule has 0 bridgehead atoms. The molecule has 7 heteroatoms. The lowest BCUT2D eigenvalue weighted by molar-refractivity contribution is 0.302. The van der Waals surface area contributed by atoms with Gasteiger partial charge in [-0.05, 0) is 35.9 Å². The molecule has 2 N–H and O–H groups in total. The molecule has 0 amide bonds. The summed E-state index contributed by atoms with van der Waals surface area (Å²) in [6.45, 7) is 1.46. The van der Waals surface area contributed by atoms with E-state index >= 15 is 0 Å². The first kappa shape index (κ1) is 18.8. The molecule has 3 aromatic rings. The summed E-state index contributed by atoms with van der Waals surface area (Å²) in [4.78, 5) is 8.00. The average Bonchev–Trinajstić information content (AvgIpc) is 3.16. The number of fused-ring (bicyclic) bond motifs is 1. The van der Waals surface area contributed by atoms with Gasteiger partial charge in [-0.15, -0.1) is 11.3 Å². The summed E-state index contributed by atoms with van der Waals surface area (Å²) in [5, 5.41) is 1.75. The van der Waals surface area contributed by atoms with Crippen molar-refractivity contribution in [1.82, 2.24) is 0 Å². The third-order valence-electron chi connectivity index (χ3n) is 4.39. The van der Waals surface area contributed by atoms with Gasteiger partial charge in [0.1, 0.15) is 13.3 Å². The average molecular weight is 414 g/mol. The summed E-state index contributed by atoms with van der Waals surface area (Å²) in [7, 11) is 1.63. The highest BCUT2D eigenvalue weighted by Gasteiger charge is 2.13. The molecule has 0 radical (unpaired) electrons. The maximum atomic E-state index is 6.00. The standard InChI is InChI=1S/C21H20ClN3O2S/c1-26-19-10-16(6-7-18(19)27-9-8-23)25-12-21-17(24-13-25)11-20(28-21)14-2-4-15(22)5-3-14/h2-7,10-12H,8-9,13,23H2,1H3. The number of hydrogen-bond donors (Lipinski definition) is 1. The molecule has 5 nitrogen and oxygen atoms in total. The van der Waals surface area contributed by atoms with Crippen LogP contribution in [-0.2, 0) is 0 Å². The monoisotopic (exact) mass is 413 g/mol. The summed E-state index contributed by atoms with van der Waals surface area (Å²) in [6.07, 6.45) is 2.13. The Morgan fingerprint density at radius 1 is 1.14 bits per heavy atom. The van der Waals surface area contributed by atoms with Gasteiger partial charge in [-0.3, -0.25) is 4.99 Å². The number of nitrogens with two attached hydrogens (primary N) is 1. The molecule has 0 spiro atoms. The smallest absolute Gasteiger partial charge is 0.162 e. The van der Waals surface area contributed by atoms with Crippen LogP contribution >= 0.6 is 22.9 Å². The first-order valence-electron chi connectivity index (χ1n) is 8.87. The fourth-order valence-corrected chi connectivity index (χ4v) is 4.18. The maximum Gasteiger partial charge on any atom is 0.162 e. The lowest BCUT2D eigenvalue weighted by Crippen LogP contribution is -2.32. The van der Waals surface area contributed by atoms with E-state index in [0.29, 0.717) is 31.3 Å². The third kappa shape index (κ3) is 3.85. The fraction of sp³-hybridized carbons (Fsp3) is 0.190. The molecule has 0 unspecified atom stereocenters. The topological polar surface area (TPSA) is 60.1 Å². The number of benzene rings is 2. The van der Waals surface area contributed by atoms with Crippen LogP contribution in [0.4, 0.5) is 5.69 Å². The quantitative estimate of drug-likeness (QED) is 0.673. The molecule has 2 heterocycles. The Kier molecular flexibility index (Phi) is 5.52. The van der Waals surface area contributed by atoms with Crippen LogP contribution in [-0.4, -0.2) is 26.9 Å². The zero-order valence-electron chi connectivity index (χ0n) is 15.4. The van der Waals surface area contributed by atoms with E-state index in [1.807, 2.05) is 42.5 Å². The minimum Gasteiger partial charge on any atom is -0.493 e. The number of methoxy groups -OCH3 is 1. The summed E-state index contributed by atoms with van der Waals surface area (Å²) in [5.41, 5.74) is 7.65. The van der Waals surface area contributed by atoms with Gasteiger partial charge in [0.15, 0.2) is 11.5 Å². The van der Waals surface area contributed by atoms with Gasteiger partial charge in [-0.25, -0.2) is 0 Å². The summed E-state index contributed by atoms with van der Waals surface area (Å²) in [6, 6.07) is 15.9. The molecule has 144 valence electrons. The predicted molar refractivity (Wildman–Crippen MR) is 115 cm³/mol. The van der Waals surface area contributed by atoms with Crippen LogP contribution in [0.25, 0.3) is 16.6 Å². The van der Waals surface area contributed by atoms with E-state index in [1.165, 1.54) is 4.88 Å². The van der Waals surface area contributed by atoms with Gasteiger partial charge in [0.25, 0.3) is 0 Å². The molecule has 1 aromatic heterocycles. The van der Waals surface area contributed by atoms with Crippen molar-refractivity contribution in [3.05, 3.63) is 63.4 Å². The second-order valence-electron chi connectivity index (χ2n) is 6.24. The van der Waals surface area contributed by atoms with Gasteiger partial charge in [-0.2, -0.15) is 0 Å². The van der Waals surface area contributed by atoms with Crippen LogP contribution in [0.15, 0.2) is 53.5 Å². The van der Waals surface area contributed by atoms with Crippen molar-refractivity contribution in [3.63, 3.8) is 0 Å². The van der Waals surface area contributed by atoms with E-state index in [9.17, 15) is 0 Å². The molecule has 28 heavy (non-hydrogen) atoms. The summed E-state index contributed by atoms with van der Waals surface area (Å²) in [5.74, 6) is 1.37. The van der Waals surface area contributed by atoms with E-state index in [-0.39, 0.29) is 0 Å². The molecule has 2 aromatic carbocycles. The zero-order valence-corrected chi connectivity index (χ0v) is 17.0. The minimum absolute atomic E-state index is 0.451. The van der Waals surface area contributed by atoms with Crippen molar-refractivity contribution in [2.24, 2.45) is 10.7 Å². The lowest BCUT2D eigenvalue weighted by atomic mass is 10.2. The Morgan fingerprint density at radius 3 is 2.71 bits per heavy atom. The van der Waals surface area contributed by atoms with Crippen molar-refractivity contribution in [1.29, 1.82) is 0 Å². The third-order valence-corrected chi connectivity index (χ3v) is 5.75. The van der Waals surface area contributed by atoms with Crippen LogP contribution in [0.5, 0.6) is 11.5 Å². The maximum absolute atomic E-state index is 6.00.